The van der Waals surface area contributed by atoms with Crippen molar-refractivity contribution < 1.29 is 9.21 Å². The van der Waals surface area contributed by atoms with Gasteiger partial charge < -0.3 is 15.1 Å². The number of carbonyl (C=O) groups is 1. The van der Waals surface area contributed by atoms with Crippen molar-refractivity contribution in [1.29, 1.82) is 0 Å². The summed E-state index contributed by atoms with van der Waals surface area (Å²) in [6.45, 7) is 5.63. The van der Waals surface area contributed by atoms with E-state index in [1.54, 1.807) is 12.3 Å². The highest BCUT2D eigenvalue weighted by molar-refractivity contribution is 5.95. The van der Waals surface area contributed by atoms with Crippen LogP contribution >= 0.6 is 0 Å². The third kappa shape index (κ3) is 3.38. The molecule has 0 fully saturated rings. The second-order valence-electron chi connectivity index (χ2n) is 3.98. The minimum atomic E-state index is -0.0476. The Bertz CT molecular complexity index is 334. The summed E-state index contributed by atoms with van der Waals surface area (Å²) in [5.41, 5.74) is 0.652. The minimum absolute atomic E-state index is 0.0476. The molecule has 0 saturated carbocycles. The summed E-state index contributed by atoms with van der Waals surface area (Å²) in [6.07, 6.45) is 2.30. The molecule has 1 aromatic rings. The van der Waals surface area contributed by atoms with E-state index in [0.717, 1.165) is 18.7 Å². The van der Waals surface area contributed by atoms with E-state index in [2.05, 4.69) is 17.6 Å². The number of carbonyl (C=O) groups excluding carboxylic acids is 1. The number of furan rings is 1. The third-order valence-corrected chi connectivity index (χ3v) is 2.47. The van der Waals surface area contributed by atoms with Crippen LogP contribution in [-0.2, 0) is 6.42 Å². The largest absolute Gasteiger partial charge is 0.469 e. The lowest BCUT2D eigenvalue weighted by Crippen LogP contribution is -2.32. The first-order valence-corrected chi connectivity index (χ1v) is 5.68. The van der Waals surface area contributed by atoms with E-state index in [1.807, 2.05) is 14.0 Å². The molecule has 1 heterocycles. The monoisotopic (exact) mass is 224 g/mol. The summed E-state index contributed by atoms with van der Waals surface area (Å²) in [5.74, 6) is 1.12. The lowest BCUT2D eigenvalue weighted by molar-refractivity contribution is 0.0946. The van der Waals surface area contributed by atoms with Crippen LogP contribution in [0, 0.1) is 5.92 Å². The molecule has 0 aliphatic heterocycles. The van der Waals surface area contributed by atoms with Crippen LogP contribution in [0.2, 0.25) is 0 Å². The standard InChI is InChI=1S/C12H20N2O2/c1-4-11-10(5-6-16-11)12(15)14-8-9(2)7-13-3/h5-6,9,13H,4,7-8H2,1-3H3,(H,14,15). The van der Waals surface area contributed by atoms with Gasteiger partial charge in [0.05, 0.1) is 11.8 Å². The third-order valence-electron chi connectivity index (χ3n) is 2.47. The molecule has 0 bridgehead atoms. The van der Waals surface area contributed by atoms with E-state index in [0.29, 0.717) is 18.0 Å². The van der Waals surface area contributed by atoms with Crippen LogP contribution in [0.3, 0.4) is 0 Å². The Hall–Kier alpha value is -1.29. The molecule has 1 rings (SSSR count). The quantitative estimate of drug-likeness (QED) is 0.768. The summed E-state index contributed by atoms with van der Waals surface area (Å²) >= 11 is 0. The van der Waals surface area contributed by atoms with Gasteiger partial charge in [0, 0.05) is 13.0 Å². The second kappa shape index (κ2) is 6.33. The average Bonchev–Trinajstić information content (AvgIpc) is 2.74. The molecule has 16 heavy (non-hydrogen) atoms. The van der Waals surface area contributed by atoms with Gasteiger partial charge in [-0.2, -0.15) is 0 Å². The maximum Gasteiger partial charge on any atom is 0.254 e. The van der Waals surface area contributed by atoms with E-state index in [-0.39, 0.29) is 5.91 Å². The zero-order valence-electron chi connectivity index (χ0n) is 10.2. The first-order chi connectivity index (χ1) is 7.69. The van der Waals surface area contributed by atoms with Crippen LogP contribution in [0.15, 0.2) is 16.7 Å². The molecule has 0 radical (unpaired) electrons. The van der Waals surface area contributed by atoms with E-state index in [1.165, 1.54) is 0 Å². The fourth-order valence-electron chi connectivity index (χ4n) is 1.60. The van der Waals surface area contributed by atoms with Crippen molar-refractivity contribution >= 4 is 5.91 Å². The molecule has 2 N–H and O–H groups in total. The highest BCUT2D eigenvalue weighted by Gasteiger charge is 2.13. The van der Waals surface area contributed by atoms with Crippen molar-refractivity contribution in [3.8, 4) is 0 Å². The maximum absolute atomic E-state index is 11.8. The Labute approximate surface area is 96.4 Å². The molecule has 0 aliphatic carbocycles. The van der Waals surface area contributed by atoms with Crippen molar-refractivity contribution in [1.82, 2.24) is 10.6 Å². The SMILES string of the molecule is CCc1occc1C(=O)NCC(C)CNC. The number of hydrogen-bond donors (Lipinski definition) is 2. The first-order valence-electron chi connectivity index (χ1n) is 5.68. The van der Waals surface area contributed by atoms with Gasteiger partial charge >= 0.3 is 0 Å². The molecule has 0 spiro atoms. The number of hydrogen-bond acceptors (Lipinski definition) is 3. The summed E-state index contributed by atoms with van der Waals surface area (Å²) in [4.78, 5) is 11.8. The van der Waals surface area contributed by atoms with Gasteiger partial charge in [0.1, 0.15) is 5.76 Å². The lowest BCUT2D eigenvalue weighted by atomic mass is 10.1. The Morgan fingerprint density at radius 1 is 1.50 bits per heavy atom. The molecule has 1 aromatic heterocycles. The molecule has 0 saturated heterocycles. The summed E-state index contributed by atoms with van der Waals surface area (Å²) < 4.78 is 5.22. The summed E-state index contributed by atoms with van der Waals surface area (Å²) in [5, 5.41) is 5.98. The van der Waals surface area contributed by atoms with Crippen LogP contribution in [0.5, 0.6) is 0 Å². The normalized spacial score (nSPS) is 12.4. The van der Waals surface area contributed by atoms with Gasteiger partial charge in [-0.1, -0.05) is 13.8 Å². The molecule has 90 valence electrons. The fourth-order valence-corrected chi connectivity index (χ4v) is 1.60. The van der Waals surface area contributed by atoms with Crippen molar-refractivity contribution in [3.63, 3.8) is 0 Å². The molecular weight excluding hydrogens is 204 g/mol. The van der Waals surface area contributed by atoms with E-state index in [9.17, 15) is 4.79 Å². The van der Waals surface area contributed by atoms with Gasteiger partial charge in [0.15, 0.2) is 0 Å². The Kier molecular flexibility index (Phi) is 5.05. The van der Waals surface area contributed by atoms with Crippen LogP contribution in [0.4, 0.5) is 0 Å². The lowest BCUT2D eigenvalue weighted by Gasteiger charge is -2.11. The number of rotatable bonds is 6. The summed E-state index contributed by atoms with van der Waals surface area (Å²) in [6, 6.07) is 1.72. The Morgan fingerprint density at radius 3 is 2.88 bits per heavy atom. The van der Waals surface area contributed by atoms with E-state index < -0.39 is 0 Å². The molecule has 4 heteroatoms. The van der Waals surface area contributed by atoms with Crippen LogP contribution in [0.25, 0.3) is 0 Å². The highest BCUT2D eigenvalue weighted by Crippen LogP contribution is 2.10. The first kappa shape index (κ1) is 12.8. The molecular formula is C12H20N2O2. The predicted octanol–water partition coefficient (Wildman–Crippen LogP) is 1.43. The van der Waals surface area contributed by atoms with Crippen molar-refractivity contribution in [2.75, 3.05) is 20.1 Å². The molecule has 1 amide bonds. The topological polar surface area (TPSA) is 54.3 Å². The van der Waals surface area contributed by atoms with Crippen molar-refractivity contribution in [2.24, 2.45) is 5.92 Å². The number of aryl methyl sites for hydroxylation is 1. The molecule has 0 aliphatic rings. The van der Waals surface area contributed by atoms with Gasteiger partial charge in [0.2, 0.25) is 0 Å². The van der Waals surface area contributed by atoms with Crippen molar-refractivity contribution in [2.45, 2.75) is 20.3 Å². The highest BCUT2D eigenvalue weighted by atomic mass is 16.3. The minimum Gasteiger partial charge on any atom is -0.469 e. The molecule has 0 aromatic carbocycles. The van der Waals surface area contributed by atoms with E-state index in [4.69, 9.17) is 4.42 Å². The van der Waals surface area contributed by atoms with Crippen LogP contribution < -0.4 is 10.6 Å². The second-order valence-corrected chi connectivity index (χ2v) is 3.98. The zero-order valence-corrected chi connectivity index (χ0v) is 10.2. The van der Waals surface area contributed by atoms with Gasteiger partial charge in [0.25, 0.3) is 5.91 Å². The average molecular weight is 224 g/mol. The van der Waals surface area contributed by atoms with Crippen molar-refractivity contribution in [3.05, 3.63) is 23.7 Å². The maximum atomic E-state index is 11.8. The van der Waals surface area contributed by atoms with Crippen LogP contribution in [-0.4, -0.2) is 26.0 Å². The predicted molar refractivity (Wildman–Crippen MR) is 63.5 cm³/mol. The Balaban J connectivity index is 2.46. The number of nitrogens with one attached hydrogen (secondary N) is 2. The molecule has 1 unspecified atom stereocenters. The zero-order chi connectivity index (χ0) is 12.0. The summed E-state index contributed by atoms with van der Waals surface area (Å²) in [7, 11) is 1.91. The van der Waals surface area contributed by atoms with Crippen LogP contribution in [0.1, 0.15) is 30.0 Å². The van der Waals surface area contributed by atoms with E-state index >= 15 is 0 Å². The molecule has 4 nitrogen and oxygen atoms in total. The Morgan fingerprint density at radius 2 is 2.25 bits per heavy atom. The van der Waals surface area contributed by atoms with Gasteiger partial charge in [-0.25, -0.2) is 0 Å². The fraction of sp³-hybridized carbons (Fsp3) is 0.583. The molecule has 1 atom stereocenters. The van der Waals surface area contributed by atoms with Gasteiger partial charge in [-0.05, 0) is 25.6 Å². The number of amides is 1. The van der Waals surface area contributed by atoms with Gasteiger partial charge in [-0.15, -0.1) is 0 Å². The van der Waals surface area contributed by atoms with Gasteiger partial charge in [-0.3, -0.25) is 4.79 Å². The smallest absolute Gasteiger partial charge is 0.254 e.